The maximum atomic E-state index is 12.7. The molecule has 1 aromatic carbocycles. The van der Waals surface area contributed by atoms with E-state index in [1.165, 1.54) is 4.90 Å². The van der Waals surface area contributed by atoms with Crippen molar-refractivity contribution in [1.82, 2.24) is 0 Å². The summed E-state index contributed by atoms with van der Waals surface area (Å²) < 4.78 is 0. The molecule has 5 heteroatoms. The van der Waals surface area contributed by atoms with Crippen molar-refractivity contribution in [2.75, 3.05) is 4.90 Å². The molecule has 1 N–H and O–H groups in total. The maximum Gasteiger partial charge on any atom is 0.307 e. The van der Waals surface area contributed by atoms with Crippen LogP contribution in [0.2, 0.25) is 0 Å². The van der Waals surface area contributed by atoms with Gasteiger partial charge in [-0.2, -0.15) is 0 Å². The molecule has 1 saturated carbocycles. The van der Waals surface area contributed by atoms with Gasteiger partial charge in [0.2, 0.25) is 11.8 Å². The summed E-state index contributed by atoms with van der Waals surface area (Å²) in [5, 5.41) is 8.85. The highest BCUT2D eigenvalue weighted by Gasteiger charge is 2.53. The molecule has 0 atom stereocenters. The molecule has 0 unspecified atom stereocenters. The Labute approximate surface area is 122 Å². The number of carbonyl (C=O) groups excluding carboxylic acids is 2. The van der Waals surface area contributed by atoms with Gasteiger partial charge in [0.05, 0.1) is 17.5 Å². The van der Waals surface area contributed by atoms with E-state index in [0.29, 0.717) is 11.3 Å². The van der Waals surface area contributed by atoms with Crippen molar-refractivity contribution in [3.63, 3.8) is 0 Å². The summed E-state index contributed by atoms with van der Waals surface area (Å²) in [4.78, 5) is 37.0. The fraction of sp³-hybridized carbons (Fsp3) is 0.438. The van der Waals surface area contributed by atoms with Gasteiger partial charge in [0.15, 0.2) is 0 Å². The Kier molecular flexibility index (Phi) is 3.27. The van der Waals surface area contributed by atoms with Crippen LogP contribution in [0.5, 0.6) is 0 Å². The van der Waals surface area contributed by atoms with Crippen LogP contribution in [0.3, 0.4) is 0 Å². The molecule has 1 spiro atoms. The number of amides is 2. The van der Waals surface area contributed by atoms with Gasteiger partial charge in [-0.15, -0.1) is 0 Å². The van der Waals surface area contributed by atoms with E-state index in [9.17, 15) is 14.4 Å². The van der Waals surface area contributed by atoms with Gasteiger partial charge in [-0.25, -0.2) is 0 Å². The van der Waals surface area contributed by atoms with Gasteiger partial charge in [0.25, 0.3) is 0 Å². The first-order valence-corrected chi connectivity index (χ1v) is 7.20. The summed E-state index contributed by atoms with van der Waals surface area (Å²) in [5.41, 5.74) is 0.584. The average molecular weight is 287 g/mol. The van der Waals surface area contributed by atoms with E-state index in [2.05, 4.69) is 0 Å². The standard InChI is InChI=1S/C16H17NO4/c18-13-10-16(6-1-2-7-16)15(21)17(13)12-5-3-4-11(8-12)9-14(19)20/h3-5,8H,1-2,6-7,9-10H2,(H,19,20). The number of hydrogen-bond acceptors (Lipinski definition) is 3. The highest BCUT2D eigenvalue weighted by molar-refractivity contribution is 6.22. The molecule has 2 amide bonds. The van der Waals surface area contributed by atoms with Crippen LogP contribution in [0.1, 0.15) is 37.7 Å². The predicted molar refractivity (Wildman–Crippen MR) is 75.8 cm³/mol. The van der Waals surface area contributed by atoms with E-state index in [-0.39, 0.29) is 24.7 Å². The van der Waals surface area contributed by atoms with E-state index in [1.807, 2.05) is 0 Å². The number of rotatable bonds is 3. The molecule has 21 heavy (non-hydrogen) atoms. The molecule has 2 aliphatic rings. The number of carbonyl (C=O) groups is 3. The molecule has 1 aliphatic heterocycles. The van der Waals surface area contributed by atoms with Gasteiger partial charge in [0.1, 0.15) is 0 Å². The van der Waals surface area contributed by atoms with Gasteiger partial charge >= 0.3 is 5.97 Å². The molecule has 5 nitrogen and oxygen atoms in total. The van der Waals surface area contributed by atoms with E-state index >= 15 is 0 Å². The monoisotopic (exact) mass is 287 g/mol. The predicted octanol–water partition coefficient (Wildman–Crippen LogP) is 2.14. The van der Waals surface area contributed by atoms with Crippen LogP contribution in [0.4, 0.5) is 5.69 Å². The summed E-state index contributed by atoms with van der Waals surface area (Å²) in [6.45, 7) is 0. The molecule has 3 rings (SSSR count). The van der Waals surface area contributed by atoms with E-state index in [0.717, 1.165) is 25.7 Å². The van der Waals surface area contributed by atoms with E-state index in [1.54, 1.807) is 24.3 Å². The fourth-order valence-corrected chi connectivity index (χ4v) is 3.48. The SMILES string of the molecule is O=C(O)Cc1cccc(N2C(=O)CC3(CCCC3)C2=O)c1. The van der Waals surface area contributed by atoms with Crippen molar-refractivity contribution in [2.45, 2.75) is 38.5 Å². The van der Waals surface area contributed by atoms with Crippen LogP contribution in [0.25, 0.3) is 0 Å². The smallest absolute Gasteiger partial charge is 0.307 e. The first-order valence-electron chi connectivity index (χ1n) is 7.20. The lowest BCUT2D eigenvalue weighted by Crippen LogP contribution is -2.34. The Morgan fingerprint density at radius 1 is 1.24 bits per heavy atom. The van der Waals surface area contributed by atoms with Gasteiger partial charge < -0.3 is 5.11 Å². The Bertz CT molecular complexity index is 616. The molecule has 1 heterocycles. The Morgan fingerprint density at radius 2 is 1.95 bits per heavy atom. The molecule has 1 saturated heterocycles. The van der Waals surface area contributed by atoms with Crippen molar-refractivity contribution in [1.29, 1.82) is 0 Å². The van der Waals surface area contributed by atoms with Gasteiger partial charge in [-0.3, -0.25) is 19.3 Å². The normalized spacial score (nSPS) is 20.5. The first kappa shape index (κ1) is 13.8. The van der Waals surface area contributed by atoms with Crippen molar-refractivity contribution < 1.29 is 19.5 Å². The fourth-order valence-electron chi connectivity index (χ4n) is 3.48. The molecule has 1 aromatic rings. The molecule has 110 valence electrons. The minimum atomic E-state index is -0.932. The average Bonchev–Trinajstić information content (AvgIpc) is 2.96. The zero-order chi connectivity index (χ0) is 15.0. The van der Waals surface area contributed by atoms with Crippen LogP contribution < -0.4 is 4.90 Å². The van der Waals surface area contributed by atoms with Crippen LogP contribution >= 0.6 is 0 Å². The minimum Gasteiger partial charge on any atom is -0.481 e. The minimum absolute atomic E-state index is 0.113. The molecule has 0 bridgehead atoms. The Balaban J connectivity index is 1.91. The topological polar surface area (TPSA) is 74.7 Å². The molecule has 1 aliphatic carbocycles. The third kappa shape index (κ3) is 2.33. The lowest BCUT2D eigenvalue weighted by Gasteiger charge is -2.21. The largest absolute Gasteiger partial charge is 0.481 e. The quantitative estimate of drug-likeness (QED) is 0.864. The third-order valence-electron chi connectivity index (χ3n) is 4.48. The second kappa shape index (κ2) is 4.98. The zero-order valence-electron chi connectivity index (χ0n) is 11.7. The number of carboxylic acid groups (broad SMARTS) is 1. The summed E-state index contributed by atoms with van der Waals surface area (Å²) in [5.74, 6) is -1.22. The van der Waals surface area contributed by atoms with Crippen LogP contribution in [-0.4, -0.2) is 22.9 Å². The number of aliphatic carboxylic acids is 1. The van der Waals surface area contributed by atoms with Gasteiger partial charge in [0, 0.05) is 6.42 Å². The number of carboxylic acids is 1. The maximum absolute atomic E-state index is 12.7. The van der Waals surface area contributed by atoms with Crippen LogP contribution in [0.15, 0.2) is 24.3 Å². The molecule has 2 fully saturated rings. The number of nitrogens with zero attached hydrogens (tertiary/aromatic N) is 1. The molecule has 0 radical (unpaired) electrons. The lowest BCUT2D eigenvalue weighted by atomic mass is 9.84. The van der Waals surface area contributed by atoms with E-state index < -0.39 is 11.4 Å². The number of hydrogen-bond donors (Lipinski definition) is 1. The Morgan fingerprint density at radius 3 is 2.62 bits per heavy atom. The van der Waals surface area contributed by atoms with Crippen LogP contribution in [-0.2, 0) is 20.8 Å². The second-order valence-corrected chi connectivity index (χ2v) is 5.94. The number of benzene rings is 1. The highest BCUT2D eigenvalue weighted by Crippen LogP contribution is 2.47. The van der Waals surface area contributed by atoms with E-state index in [4.69, 9.17) is 5.11 Å². The number of anilines is 1. The van der Waals surface area contributed by atoms with Crippen molar-refractivity contribution in [3.05, 3.63) is 29.8 Å². The summed E-state index contributed by atoms with van der Waals surface area (Å²) >= 11 is 0. The zero-order valence-corrected chi connectivity index (χ0v) is 11.7. The highest BCUT2D eigenvalue weighted by atomic mass is 16.4. The lowest BCUT2D eigenvalue weighted by molar-refractivity contribution is -0.136. The number of imide groups is 1. The van der Waals surface area contributed by atoms with Crippen LogP contribution in [0, 0.1) is 5.41 Å². The Hall–Kier alpha value is -2.17. The van der Waals surface area contributed by atoms with Crippen molar-refractivity contribution in [2.24, 2.45) is 5.41 Å². The third-order valence-corrected chi connectivity index (χ3v) is 4.48. The first-order chi connectivity index (χ1) is 10.0. The summed E-state index contributed by atoms with van der Waals surface area (Å²) in [6, 6.07) is 6.69. The van der Waals surface area contributed by atoms with Crippen molar-refractivity contribution in [3.8, 4) is 0 Å². The molecular formula is C16H17NO4. The summed E-state index contributed by atoms with van der Waals surface area (Å²) in [6.07, 6.45) is 3.72. The second-order valence-electron chi connectivity index (χ2n) is 5.94. The molecular weight excluding hydrogens is 270 g/mol. The van der Waals surface area contributed by atoms with Crippen molar-refractivity contribution >= 4 is 23.5 Å². The van der Waals surface area contributed by atoms with Gasteiger partial charge in [-0.05, 0) is 30.5 Å². The van der Waals surface area contributed by atoms with Gasteiger partial charge in [-0.1, -0.05) is 25.0 Å². The molecule has 0 aromatic heterocycles. The summed E-state index contributed by atoms with van der Waals surface area (Å²) in [7, 11) is 0.